The summed E-state index contributed by atoms with van der Waals surface area (Å²) in [6.45, 7) is 3.14. The van der Waals surface area contributed by atoms with E-state index in [0.29, 0.717) is 0 Å². The summed E-state index contributed by atoms with van der Waals surface area (Å²) in [5.74, 6) is -4.35. The second-order valence-electron chi connectivity index (χ2n) is 3.10. The number of rotatable bonds is 5. The van der Waals surface area contributed by atoms with Crippen LogP contribution in [0, 0.1) is 11.3 Å². The largest absolute Gasteiger partial charge is 0.386 e. The molecule has 1 atom stereocenters. The van der Waals surface area contributed by atoms with Crippen LogP contribution in [0.25, 0.3) is 0 Å². The van der Waals surface area contributed by atoms with Crippen LogP contribution in [0.1, 0.15) is 13.8 Å². The molecule has 1 unspecified atom stereocenters. The third kappa shape index (κ3) is 3.54. The second-order valence-corrected chi connectivity index (χ2v) is 4.78. The molecule has 0 heterocycles. The molecule has 0 saturated carbocycles. The highest BCUT2D eigenvalue weighted by Gasteiger charge is 2.29. The predicted molar refractivity (Wildman–Crippen MR) is 48.6 cm³/mol. The van der Waals surface area contributed by atoms with Crippen molar-refractivity contribution < 1.29 is 17.2 Å². The van der Waals surface area contributed by atoms with Gasteiger partial charge in [0.15, 0.2) is 0 Å². The molecule has 0 aliphatic carbocycles. The van der Waals surface area contributed by atoms with E-state index in [2.05, 4.69) is 0 Å². The van der Waals surface area contributed by atoms with E-state index >= 15 is 0 Å². The minimum atomic E-state index is -4.69. The van der Waals surface area contributed by atoms with Crippen LogP contribution in [0.3, 0.4) is 0 Å². The number of sulfonamides is 1. The van der Waals surface area contributed by atoms with E-state index in [4.69, 9.17) is 11.1 Å². The standard InChI is InChI=1S/C6H13F2N3O2S/c1-3(2)4(5(9)10)11-14(12,13)6(7)8/h3-4,6,11H,1-2H3,(H3,9,10). The van der Waals surface area contributed by atoms with Gasteiger partial charge in [-0.3, -0.25) is 5.41 Å². The van der Waals surface area contributed by atoms with Crippen LogP contribution in [0.5, 0.6) is 0 Å². The summed E-state index contributed by atoms with van der Waals surface area (Å²) in [7, 11) is -4.69. The van der Waals surface area contributed by atoms with Crippen molar-refractivity contribution in [2.45, 2.75) is 25.6 Å². The fourth-order valence-electron chi connectivity index (χ4n) is 0.787. The van der Waals surface area contributed by atoms with Crippen molar-refractivity contribution in [3.63, 3.8) is 0 Å². The van der Waals surface area contributed by atoms with Crippen molar-refractivity contribution in [1.82, 2.24) is 4.72 Å². The lowest BCUT2D eigenvalue weighted by Crippen LogP contribution is -2.48. The third-order valence-corrected chi connectivity index (χ3v) is 2.58. The van der Waals surface area contributed by atoms with E-state index in [1.807, 2.05) is 0 Å². The first-order valence-corrected chi connectivity index (χ1v) is 5.36. The van der Waals surface area contributed by atoms with E-state index in [1.54, 1.807) is 18.6 Å². The average Bonchev–Trinajstić information content (AvgIpc) is 1.98. The van der Waals surface area contributed by atoms with Gasteiger partial charge in [0.25, 0.3) is 10.0 Å². The topological polar surface area (TPSA) is 96.0 Å². The quantitative estimate of drug-likeness (QED) is 0.460. The molecule has 84 valence electrons. The maximum Gasteiger partial charge on any atom is 0.350 e. The summed E-state index contributed by atoms with van der Waals surface area (Å²) in [4.78, 5) is 0. The Morgan fingerprint density at radius 3 is 2.07 bits per heavy atom. The fraction of sp³-hybridized carbons (Fsp3) is 0.833. The highest BCUT2D eigenvalue weighted by molar-refractivity contribution is 7.89. The van der Waals surface area contributed by atoms with Gasteiger partial charge in [-0.25, -0.2) is 8.42 Å². The Kier molecular flexibility index (Phi) is 4.40. The molecule has 0 aromatic heterocycles. The summed E-state index contributed by atoms with van der Waals surface area (Å²) >= 11 is 0. The molecular weight excluding hydrogens is 216 g/mol. The lowest BCUT2D eigenvalue weighted by molar-refractivity contribution is 0.231. The number of hydrogen-bond acceptors (Lipinski definition) is 3. The number of alkyl halides is 2. The summed E-state index contributed by atoms with van der Waals surface area (Å²) in [5, 5.41) is 7.01. The smallest absolute Gasteiger partial charge is 0.350 e. The van der Waals surface area contributed by atoms with Crippen molar-refractivity contribution in [3.05, 3.63) is 0 Å². The Morgan fingerprint density at radius 2 is 1.86 bits per heavy atom. The number of amidine groups is 1. The predicted octanol–water partition coefficient (Wildman–Crippen LogP) is 0.0890. The molecule has 0 saturated heterocycles. The van der Waals surface area contributed by atoms with Crippen LogP contribution >= 0.6 is 0 Å². The molecule has 0 spiro atoms. The third-order valence-electron chi connectivity index (χ3n) is 1.53. The Bertz CT molecular complexity index is 302. The van der Waals surface area contributed by atoms with Crippen molar-refractivity contribution in [2.75, 3.05) is 0 Å². The van der Waals surface area contributed by atoms with Gasteiger partial charge < -0.3 is 5.73 Å². The van der Waals surface area contributed by atoms with Crippen LogP contribution in [0.4, 0.5) is 8.78 Å². The lowest BCUT2D eigenvalue weighted by Gasteiger charge is -2.20. The van der Waals surface area contributed by atoms with Gasteiger partial charge in [-0.1, -0.05) is 13.8 Å². The average molecular weight is 229 g/mol. The maximum atomic E-state index is 11.9. The molecule has 0 aliphatic heterocycles. The van der Waals surface area contributed by atoms with Crippen LogP contribution < -0.4 is 10.5 Å². The summed E-state index contributed by atoms with van der Waals surface area (Å²) in [5.41, 5.74) is 5.06. The van der Waals surface area contributed by atoms with Gasteiger partial charge in [-0.05, 0) is 5.92 Å². The first-order chi connectivity index (χ1) is 6.18. The first-order valence-electron chi connectivity index (χ1n) is 3.81. The lowest BCUT2D eigenvalue weighted by atomic mass is 10.1. The number of hydrogen-bond donors (Lipinski definition) is 3. The van der Waals surface area contributed by atoms with E-state index in [1.165, 1.54) is 0 Å². The molecule has 0 radical (unpaired) electrons. The fourth-order valence-corrected chi connectivity index (χ4v) is 1.64. The van der Waals surface area contributed by atoms with Gasteiger partial charge >= 0.3 is 5.76 Å². The minimum absolute atomic E-state index is 0.360. The van der Waals surface area contributed by atoms with Gasteiger partial charge in [0, 0.05) is 0 Å². The number of halogens is 2. The Balaban J connectivity index is 4.71. The van der Waals surface area contributed by atoms with E-state index in [0.717, 1.165) is 0 Å². The van der Waals surface area contributed by atoms with Gasteiger partial charge in [-0.2, -0.15) is 13.5 Å². The van der Waals surface area contributed by atoms with Crippen LogP contribution in [-0.4, -0.2) is 26.1 Å². The Hall–Kier alpha value is -0.760. The first kappa shape index (κ1) is 13.2. The van der Waals surface area contributed by atoms with E-state index in [9.17, 15) is 17.2 Å². The molecule has 0 aromatic rings. The number of nitrogens with one attached hydrogen (secondary N) is 2. The highest BCUT2D eigenvalue weighted by atomic mass is 32.2. The van der Waals surface area contributed by atoms with Crippen molar-refractivity contribution in [3.8, 4) is 0 Å². The maximum absolute atomic E-state index is 11.9. The SMILES string of the molecule is CC(C)C(NS(=O)(=O)C(F)F)C(=N)N. The molecule has 8 heteroatoms. The molecule has 0 aliphatic rings. The molecule has 0 rings (SSSR count). The molecule has 14 heavy (non-hydrogen) atoms. The molecule has 0 aromatic carbocycles. The minimum Gasteiger partial charge on any atom is -0.386 e. The van der Waals surface area contributed by atoms with Gasteiger partial charge in [-0.15, -0.1) is 0 Å². The van der Waals surface area contributed by atoms with Gasteiger partial charge in [0.2, 0.25) is 0 Å². The zero-order chi connectivity index (χ0) is 11.5. The zero-order valence-electron chi connectivity index (χ0n) is 7.79. The number of nitrogens with two attached hydrogens (primary N) is 1. The van der Waals surface area contributed by atoms with Crippen molar-refractivity contribution in [2.24, 2.45) is 11.7 Å². The van der Waals surface area contributed by atoms with Crippen molar-refractivity contribution in [1.29, 1.82) is 5.41 Å². The summed E-state index contributed by atoms with van der Waals surface area (Å²) < 4.78 is 47.0. The van der Waals surface area contributed by atoms with Crippen LogP contribution in [0.15, 0.2) is 0 Å². The van der Waals surface area contributed by atoms with Gasteiger partial charge in [0.05, 0.1) is 6.04 Å². The van der Waals surface area contributed by atoms with Crippen molar-refractivity contribution >= 4 is 15.9 Å². The molecule has 0 fully saturated rings. The van der Waals surface area contributed by atoms with Crippen LogP contribution in [0.2, 0.25) is 0 Å². The van der Waals surface area contributed by atoms with E-state index in [-0.39, 0.29) is 5.92 Å². The Labute approximate surface area is 81.2 Å². The second kappa shape index (κ2) is 4.65. The molecule has 5 nitrogen and oxygen atoms in total. The Morgan fingerprint density at radius 1 is 1.43 bits per heavy atom. The van der Waals surface area contributed by atoms with Crippen LogP contribution in [-0.2, 0) is 10.0 Å². The molecule has 0 amide bonds. The molecular formula is C6H13F2N3O2S. The highest BCUT2D eigenvalue weighted by Crippen LogP contribution is 2.08. The summed E-state index contributed by atoms with van der Waals surface area (Å²) in [6, 6.07) is -1.09. The molecule has 4 N–H and O–H groups in total. The zero-order valence-corrected chi connectivity index (χ0v) is 8.61. The normalized spacial score (nSPS) is 14.7. The molecule has 0 bridgehead atoms. The van der Waals surface area contributed by atoms with E-state index < -0.39 is 27.7 Å². The summed E-state index contributed by atoms with van der Waals surface area (Å²) in [6.07, 6.45) is 0. The monoisotopic (exact) mass is 229 g/mol. The van der Waals surface area contributed by atoms with Gasteiger partial charge in [0.1, 0.15) is 5.84 Å².